The molecule has 2 fully saturated rings. The van der Waals surface area contributed by atoms with Crippen molar-refractivity contribution in [1.29, 1.82) is 5.41 Å². The third-order valence-corrected chi connectivity index (χ3v) is 4.23. The fourth-order valence-electron chi connectivity index (χ4n) is 3.22. The van der Waals surface area contributed by atoms with Crippen LogP contribution in [-0.2, 0) is 0 Å². The molecule has 2 aliphatic rings. The predicted molar refractivity (Wildman–Crippen MR) is 74.2 cm³/mol. The molecule has 0 bridgehead atoms. The van der Waals surface area contributed by atoms with E-state index in [2.05, 4.69) is 4.90 Å². The Balaban J connectivity index is 1.88. The molecule has 20 heavy (non-hydrogen) atoms. The maximum atomic E-state index is 14.2. The molecule has 0 saturated carbocycles. The summed E-state index contributed by atoms with van der Waals surface area (Å²) in [4.78, 5) is 4.16. The van der Waals surface area contributed by atoms with Crippen LogP contribution in [0.15, 0.2) is 12.1 Å². The van der Waals surface area contributed by atoms with Crippen LogP contribution in [0.4, 0.5) is 14.5 Å². The van der Waals surface area contributed by atoms with Crippen molar-refractivity contribution in [3.63, 3.8) is 0 Å². The van der Waals surface area contributed by atoms with E-state index >= 15 is 0 Å². The SMILES string of the molecule is N=C(N)c1cc(F)c(N2CCN3CCCC3C2)c(F)c1. The Morgan fingerprint density at radius 2 is 1.90 bits per heavy atom. The van der Waals surface area contributed by atoms with Crippen LogP contribution in [-0.4, -0.2) is 43.0 Å². The van der Waals surface area contributed by atoms with Gasteiger partial charge in [0.15, 0.2) is 0 Å². The van der Waals surface area contributed by atoms with Crippen LogP contribution in [0.1, 0.15) is 18.4 Å². The average Bonchev–Trinajstić information content (AvgIpc) is 2.85. The largest absolute Gasteiger partial charge is 0.384 e. The highest BCUT2D eigenvalue weighted by Gasteiger charge is 2.32. The van der Waals surface area contributed by atoms with Gasteiger partial charge < -0.3 is 10.6 Å². The summed E-state index contributed by atoms with van der Waals surface area (Å²) in [7, 11) is 0. The number of anilines is 1. The summed E-state index contributed by atoms with van der Waals surface area (Å²) in [5.41, 5.74) is 5.38. The van der Waals surface area contributed by atoms with E-state index in [1.165, 1.54) is 0 Å². The van der Waals surface area contributed by atoms with E-state index in [0.29, 0.717) is 19.1 Å². The Labute approximate surface area is 116 Å². The molecule has 0 amide bonds. The monoisotopic (exact) mass is 280 g/mol. The van der Waals surface area contributed by atoms with Gasteiger partial charge in [0.25, 0.3) is 0 Å². The number of nitrogens with zero attached hydrogens (tertiary/aromatic N) is 2. The number of nitrogens with one attached hydrogen (secondary N) is 1. The standard InChI is InChI=1S/C14H18F2N4/c15-11-6-9(14(17)18)7-12(16)13(11)20-5-4-19-3-1-2-10(19)8-20/h6-7,10H,1-5,8H2,(H3,17,18). The molecule has 108 valence electrons. The molecule has 2 aliphatic heterocycles. The van der Waals surface area contributed by atoms with Gasteiger partial charge in [0.1, 0.15) is 23.2 Å². The molecule has 0 aromatic heterocycles. The molecule has 2 heterocycles. The van der Waals surface area contributed by atoms with E-state index in [1.54, 1.807) is 4.90 Å². The van der Waals surface area contributed by atoms with E-state index in [1.807, 2.05) is 0 Å². The van der Waals surface area contributed by atoms with Crippen molar-refractivity contribution in [3.05, 3.63) is 29.3 Å². The van der Waals surface area contributed by atoms with Gasteiger partial charge in [-0.1, -0.05) is 0 Å². The van der Waals surface area contributed by atoms with Crippen molar-refractivity contribution in [1.82, 2.24) is 4.90 Å². The normalized spacial score (nSPS) is 22.9. The molecule has 3 N–H and O–H groups in total. The van der Waals surface area contributed by atoms with Crippen LogP contribution < -0.4 is 10.6 Å². The van der Waals surface area contributed by atoms with Crippen molar-refractivity contribution < 1.29 is 8.78 Å². The lowest BCUT2D eigenvalue weighted by atomic mass is 10.1. The Bertz CT molecular complexity index is 523. The fourth-order valence-corrected chi connectivity index (χ4v) is 3.22. The van der Waals surface area contributed by atoms with Crippen molar-refractivity contribution in [2.24, 2.45) is 5.73 Å². The van der Waals surface area contributed by atoms with Gasteiger partial charge in [-0.15, -0.1) is 0 Å². The maximum Gasteiger partial charge on any atom is 0.150 e. The number of fused-ring (bicyclic) bond motifs is 1. The molecule has 1 aromatic rings. The van der Waals surface area contributed by atoms with E-state index in [-0.39, 0.29) is 17.1 Å². The van der Waals surface area contributed by atoms with Crippen LogP contribution in [0.5, 0.6) is 0 Å². The number of benzene rings is 1. The van der Waals surface area contributed by atoms with Gasteiger partial charge >= 0.3 is 0 Å². The number of amidine groups is 1. The summed E-state index contributed by atoms with van der Waals surface area (Å²) in [5, 5.41) is 7.26. The molecule has 3 rings (SSSR count). The van der Waals surface area contributed by atoms with Crippen LogP contribution >= 0.6 is 0 Å². The second-order valence-corrected chi connectivity index (χ2v) is 5.48. The lowest BCUT2D eigenvalue weighted by molar-refractivity contribution is 0.229. The summed E-state index contributed by atoms with van der Waals surface area (Å²) in [6, 6.07) is 2.68. The Morgan fingerprint density at radius 1 is 1.20 bits per heavy atom. The predicted octanol–water partition coefficient (Wildman–Crippen LogP) is 1.53. The number of piperazine rings is 1. The van der Waals surface area contributed by atoms with Crippen molar-refractivity contribution in [3.8, 4) is 0 Å². The molecular formula is C14H18F2N4. The number of nitrogens with two attached hydrogens (primary N) is 1. The maximum absolute atomic E-state index is 14.2. The minimum atomic E-state index is -0.637. The third kappa shape index (κ3) is 2.24. The molecule has 4 nitrogen and oxygen atoms in total. The van der Waals surface area contributed by atoms with E-state index in [0.717, 1.165) is 38.1 Å². The number of hydrogen-bond donors (Lipinski definition) is 2. The average molecular weight is 280 g/mol. The lowest BCUT2D eigenvalue weighted by Gasteiger charge is -2.39. The minimum absolute atomic E-state index is 0.0153. The van der Waals surface area contributed by atoms with Crippen LogP contribution in [0.2, 0.25) is 0 Å². The second-order valence-electron chi connectivity index (χ2n) is 5.48. The molecule has 1 unspecified atom stereocenters. The number of halogens is 2. The van der Waals surface area contributed by atoms with Crippen molar-refractivity contribution in [2.45, 2.75) is 18.9 Å². The molecule has 0 spiro atoms. The summed E-state index contributed by atoms with van der Waals surface area (Å²) >= 11 is 0. The van der Waals surface area contributed by atoms with Crippen LogP contribution in [0.3, 0.4) is 0 Å². The first-order chi connectivity index (χ1) is 9.56. The summed E-state index contributed by atoms with van der Waals surface area (Å²) in [6.45, 7) is 3.22. The van der Waals surface area contributed by atoms with E-state index in [9.17, 15) is 8.78 Å². The number of rotatable bonds is 2. The Hall–Kier alpha value is -1.69. The topological polar surface area (TPSA) is 56.4 Å². The molecule has 1 aromatic carbocycles. The highest BCUT2D eigenvalue weighted by Crippen LogP contribution is 2.30. The molecule has 1 atom stereocenters. The van der Waals surface area contributed by atoms with Gasteiger partial charge in [0.05, 0.1) is 0 Å². The zero-order valence-corrected chi connectivity index (χ0v) is 11.2. The number of hydrogen-bond acceptors (Lipinski definition) is 3. The molecule has 6 heteroatoms. The zero-order valence-electron chi connectivity index (χ0n) is 11.2. The highest BCUT2D eigenvalue weighted by atomic mass is 19.1. The lowest BCUT2D eigenvalue weighted by Crippen LogP contribution is -2.50. The highest BCUT2D eigenvalue weighted by molar-refractivity contribution is 5.95. The smallest absolute Gasteiger partial charge is 0.150 e. The second kappa shape index (κ2) is 5.01. The first-order valence-corrected chi connectivity index (χ1v) is 6.88. The molecule has 0 aliphatic carbocycles. The van der Waals surface area contributed by atoms with Gasteiger partial charge in [-0.25, -0.2) is 8.78 Å². The van der Waals surface area contributed by atoms with Gasteiger partial charge in [0.2, 0.25) is 0 Å². The molecule has 2 saturated heterocycles. The fraction of sp³-hybridized carbons (Fsp3) is 0.500. The van der Waals surface area contributed by atoms with E-state index < -0.39 is 11.6 Å². The summed E-state index contributed by atoms with van der Waals surface area (Å²) < 4.78 is 28.3. The van der Waals surface area contributed by atoms with Gasteiger partial charge in [-0.05, 0) is 31.5 Å². The molecular weight excluding hydrogens is 262 g/mol. The minimum Gasteiger partial charge on any atom is -0.384 e. The van der Waals surface area contributed by atoms with Gasteiger partial charge in [-0.3, -0.25) is 10.3 Å². The first kappa shape index (κ1) is 13.3. The summed E-state index contributed by atoms with van der Waals surface area (Å²) in [5.74, 6) is -1.60. The Morgan fingerprint density at radius 3 is 2.55 bits per heavy atom. The van der Waals surface area contributed by atoms with Gasteiger partial charge in [0, 0.05) is 31.2 Å². The van der Waals surface area contributed by atoms with E-state index in [4.69, 9.17) is 11.1 Å². The van der Waals surface area contributed by atoms with Crippen LogP contribution in [0.25, 0.3) is 0 Å². The van der Waals surface area contributed by atoms with Crippen molar-refractivity contribution >= 4 is 11.5 Å². The van der Waals surface area contributed by atoms with Crippen LogP contribution in [0, 0.1) is 17.0 Å². The number of nitrogen functional groups attached to an aromatic ring is 1. The first-order valence-electron chi connectivity index (χ1n) is 6.88. The quantitative estimate of drug-likeness (QED) is 0.638. The molecule has 0 radical (unpaired) electrons. The third-order valence-electron chi connectivity index (χ3n) is 4.23. The zero-order chi connectivity index (χ0) is 14.3. The summed E-state index contributed by atoms with van der Waals surface area (Å²) in [6.07, 6.45) is 2.25. The Kier molecular flexibility index (Phi) is 3.33. The van der Waals surface area contributed by atoms with Gasteiger partial charge in [-0.2, -0.15) is 0 Å². The van der Waals surface area contributed by atoms with Crippen molar-refractivity contribution in [2.75, 3.05) is 31.1 Å².